The molecule has 3 heterocycles. The summed E-state index contributed by atoms with van der Waals surface area (Å²) in [6.45, 7) is 8.07. The van der Waals surface area contributed by atoms with Gasteiger partial charge in [-0.05, 0) is 6.07 Å². The fourth-order valence-electron chi connectivity index (χ4n) is 3.21. The largest absolute Gasteiger partial charge is 0.464 e. The standard InChI is InChI=1S/C16H21N3O/c1-2-4-16-15(3-1)13(12-20-16)11-18-5-7-19(8-6-18)14-9-17-10-14/h1-4,12,14,17H,5-11H2. The van der Waals surface area contributed by atoms with E-state index in [0.29, 0.717) is 0 Å². The molecule has 0 amide bonds. The molecule has 1 aromatic heterocycles. The quantitative estimate of drug-likeness (QED) is 0.917. The van der Waals surface area contributed by atoms with Crippen molar-refractivity contribution in [2.75, 3.05) is 39.3 Å². The molecule has 4 rings (SSSR count). The van der Waals surface area contributed by atoms with Crippen LogP contribution in [-0.4, -0.2) is 55.1 Å². The topological polar surface area (TPSA) is 31.6 Å². The summed E-state index contributed by atoms with van der Waals surface area (Å²) in [5, 5.41) is 4.62. The fraction of sp³-hybridized carbons (Fsp3) is 0.500. The lowest BCUT2D eigenvalue weighted by Crippen LogP contribution is -2.61. The average Bonchev–Trinajstić information content (AvgIpc) is 2.83. The number of rotatable bonds is 3. The number of fused-ring (bicyclic) bond motifs is 1. The predicted octanol–water partition coefficient (Wildman–Crippen LogP) is 1.52. The average molecular weight is 271 g/mol. The monoisotopic (exact) mass is 271 g/mol. The Morgan fingerprint density at radius 2 is 1.90 bits per heavy atom. The van der Waals surface area contributed by atoms with Gasteiger partial charge in [0.1, 0.15) is 5.58 Å². The number of nitrogens with one attached hydrogen (secondary N) is 1. The fourth-order valence-corrected chi connectivity index (χ4v) is 3.21. The van der Waals surface area contributed by atoms with Gasteiger partial charge >= 0.3 is 0 Å². The zero-order valence-electron chi connectivity index (χ0n) is 11.7. The number of hydrogen-bond donors (Lipinski definition) is 1. The van der Waals surface area contributed by atoms with Gasteiger partial charge in [-0.2, -0.15) is 0 Å². The van der Waals surface area contributed by atoms with Crippen LogP contribution >= 0.6 is 0 Å². The Labute approximate surface area is 119 Å². The van der Waals surface area contributed by atoms with E-state index < -0.39 is 0 Å². The van der Waals surface area contributed by atoms with Gasteiger partial charge in [-0.15, -0.1) is 0 Å². The van der Waals surface area contributed by atoms with Gasteiger partial charge in [0.25, 0.3) is 0 Å². The van der Waals surface area contributed by atoms with Gasteiger partial charge < -0.3 is 9.73 Å². The lowest BCUT2D eigenvalue weighted by molar-refractivity contribution is 0.0696. The van der Waals surface area contributed by atoms with Gasteiger partial charge in [0, 0.05) is 62.8 Å². The van der Waals surface area contributed by atoms with Crippen molar-refractivity contribution in [2.45, 2.75) is 12.6 Å². The van der Waals surface area contributed by atoms with Crippen LogP contribution in [0.15, 0.2) is 34.9 Å². The van der Waals surface area contributed by atoms with E-state index in [1.165, 1.54) is 37.1 Å². The molecular weight excluding hydrogens is 250 g/mol. The van der Waals surface area contributed by atoms with Gasteiger partial charge in [0.15, 0.2) is 0 Å². The second kappa shape index (κ2) is 5.20. The highest BCUT2D eigenvalue weighted by molar-refractivity contribution is 5.80. The van der Waals surface area contributed by atoms with Crippen molar-refractivity contribution < 1.29 is 4.42 Å². The van der Waals surface area contributed by atoms with Crippen LogP contribution in [0.2, 0.25) is 0 Å². The van der Waals surface area contributed by atoms with E-state index in [9.17, 15) is 0 Å². The Morgan fingerprint density at radius 3 is 2.65 bits per heavy atom. The first-order valence-electron chi connectivity index (χ1n) is 7.52. The summed E-state index contributed by atoms with van der Waals surface area (Å²) >= 11 is 0. The molecule has 2 saturated heterocycles. The Bertz CT molecular complexity index is 582. The minimum atomic E-state index is 0.784. The molecule has 0 atom stereocenters. The van der Waals surface area contributed by atoms with Gasteiger partial charge in [-0.3, -0.25) is 9.80 Å². The van der Waals surface area contributed by atoms with E-state index in [2.05, 4.69) is 27.2 Å². The molecule has 4 nitrogen and oxygen atoms in total. The predicted molar refractivity (Wildman–Crippen MR) is 79.7 cm³/mol. The summed E-state index contributed by atoms with van der Waals surface area (Å²) in [6.07, 6.45) is 1.92. The molecule has 0 spiro atoms. The highest BCUT2D eigenvalue weighted by Gasteiger charge is 2.27. The van der Waals surface area contributed by atoms with Crippen LogP contribution in [0.25, 0.3) is 11.0 Å². The molecule has 0 bridgehead atoms. The molecule has 1 N–H and O–H groups in total. The van der Waals surface area contributed by atoms with Crippen molar-refractivity contribution in [1.29, 1.82) is 0 Å². The molecular formula is C16H21N3O. The number of para-hydroxylation sites is 1. The first-order chi connectivity index (χ1) is 9.90. The molecule has 2 aliphatic heterocycles. The zero-order chi connectivity index (χ0) is 13.4. The van der Waals surface area contributed by atoms with Crippen LogP contribution in [0.3, 0.4) is 0 Å². The third-order valence-electron chi connectivity index (χ3n) is 4.64. The van der Waals surface area contributed by atoms with Crippen LogP contribution < -0.4 is 5.32 Å². The smallest absolute Gasteiger partial charge is 0.134 e. The number of nitrogens with zero attached hydrogens (tertiary/aromatic N) is 2. The van der Waals surface area contributed by atoms with Gasteiger partial charge in [-0.25, -0.2) is 0 Å². The van der Waals surface area contributed by atoms with Crippen molar-refractivity contribution in [2.24, 2.45) is 0 Å². The summed E-state index contributed by atoms with van der Waals surface area (Å²) in [4.78, 5) is 5.17. The van der Waals surface area contributed by atoms with E-state index in [4.69, 9.17) is 4.42 Å². The second-order valence-corrected chi connectivity index (χ2v) is 5.88. The van der Waals surface area contributed by atoms with Crippen molar-refractivity contribution in [3.05, 3.63) is 36.1 Å². The maximum atomic E-state index is 5.63. The molecule has 4 heteroatoms. The molecule has 0 radical (unpaired) electrons. The van der Waals surface area contributed by atoms with E-state index >= 15 is 0 Å². The molecule has 2 aromatic rings. The highest BCUT2D eigenvalue weighted by Crippen LogP contribution is 2.22. The summed E-state index contributed by atoms with van der Waals surface area (Å²) in [7, 11) is 0. The van der Waals surface area contributed by atoms with Crippen LogP contribution in [0.1, 0.15) is 5.56 Å². The minimum absolute atomic E-state index is 0.784. The van der Waals surface area contributed by atoms with Crippen LogP contribution in [-0.2, 0) is 6.54 Å². The highest BCUT2D eigenvalue weighted by atomic mass is 16.3. The van der Waals surface area contributed by atoms with E-state index in [-0.39, 0.29) is 0 Å². The maximum absolute atomic E-state index is 5.63. The van der Waals surface area contributed by atoms with Crippen molar-refractivity contribution in [3.63, 3.8) is 0 Å². The Morgan fingerprint density at radius 1 is 1.10 bits per heavy atom. The third kappa shape index (κ3) is 2.24. The number of hydrogen-bond acceptors (Lipinski definition) is 4. The molecule has 0 saturated carbocycles. The molecule has 1 aromatic carbocycles. The van der Waals surface area contributed by atoms with E-state index in [0.717, 1.165) is 31.3 Å². The zero-order valence-corrected chi connectivity index (χ0v) is 11.7. The number of furan rings is 1. The molecule has 2 aliphatic rings. The molecule has 2 fully saturated rings. The first-order valence-corrected chi connectivity index (χ1v) is 7.52. The Hall–Kier alpha value is -1.36. The lowest BCUT2D eigenvalue weighted by Gasteiger charge is -2.43. The Balaban J connectivity index is 1.40. The van der Waals surface area contributed by atoms with Gasteiger partial charge in [-0.1, -0.05) is 18.2 Å². The van der Waals surface area contributed by atoms with Crippen molar-refractivity contribution in [3.8, 4) is 0 Å². The van der Waals surface area contributed by atoms with Crippen LogP contribution in [0.5, 0.6) is 0 Å². The molecule has 0 unspecified atom stereocenters. The van der Waals surface area contributed by atoms with Crippen molar-refractivity contribution in [1.82, 2.24) is 15.1 Å². The third-order valence-corrected chi connectivity index (χ3v) is 4.64. The lowest BCUT2D eigenvalue weighted by atomic mass is 10.1. The minimum Gasteiger partial charge on any atom is -0.464 e. The second-order valence-electron chi connectivity index (χ2n) is 5.88. The Kier molecular flexibility index (Phi) is 3.22. The summed E-state index contributed by atoms with van der Waals surface area (Å²) in [6, 6.07) is 9.10. The molecule has 106 valence electrons. The molecule has 20 heavy (non-hydrogen) atoms. The first kappa shape index (κ1) is 12.4. The summed E-state index contributed by atoms with van der Waals surface area (Å²) in [5.74, 6) is 0. The van der Waals surface area contributed by atoms with E-state index in [1.807, 2.05) is 18.4 Å². The van der Waals surface area contributed by atoms with Gasteiger partial charge in [0.05, 0.1) is 6.26 Å². The number of piperazine rings is 1. The maximum Gasteiger partial charge on any atom is 0.134 e. The van der Waals surface area contributed by atoms with Gasteiger partial charge in [0.2, 0.25) is 0 Å². The van der Waals surface area contributed by atoms with E-state index in [1.54, 1.807) is 0 Å². The summed E-state index contributed by atoms with van der Waals surface area (Å²) < 4.78 is 5.63. The van der Waals surface area contributed by atoms with Crippen LogP contribution in [0, 0.1) is 0 Å². The van der Waals surface area contributed by atoms with Crippen molar-refractivity contribution >= 4 is 11.0 Å². The molecule has 0 aliphatic carbocycles. The number of benzene rings is 1. The SMILES string of the molecule is c1ccc2c(CN3CCN(C4CNC4)CC3)coc2c1. The van der Waals surface area contributed by atoms with Crippen LogP contribution in [0.4, 0.5) is 0 Å². The summed E-state index contributed by atoms with van der Waals surface area (Å²) in [5.41, 5.74) is 2.32. The normalized spacial score (nSPS) is 22.2.